The SMILES string of the molecule is O=[N+]([O-])c1cc(OC[C@@H](O)CNC(Cc2ccccc2)CC(c2ccc(OCc3ccccc3)cc2)c2ccc(OCc3ccccc3)cc2)ccc1OCc1ccccc1. The molecular weight excluding hydrogens is 765 g/mol. The summed E-state index contributed by atoms with van der Waals surface area (Å²) in [7, 11) is 0. The van der Waals surface area contributed by atoms with Crippen LogP contribution in [0, 0.1) is 10.1 Å². The predicted molar refractivity (Wildman–Crippen MR) is 238 cm³/mol. The van der Waals surface area contributed by atoms with E-state index in [1.165, 1.54) is 17.7 Å². The Morgan fingerprint density at radius 3 is 1.44 bits per heavy atom. The van der Waals surface area contributed by atoms with Crippen molar-refractivity contribution in [3.8, 4) is 23.0 Å². The molecule has 9 nitrogen and oxygen atoms in total. The fraction of sp³-hybridized carbons (Fsp3) is 0.192. The van der Waals surface area contributed by atoms with Gasteiger partial charge in [-0.2, -0.15) is 0 Å². The Labute approximate surface area is 357 Å². The van der Waals surface area contributed by atoms with E-state index in [2.05, 4.69) is 41.7 Å². The average molecular weight is 815 g/mol. The quantitative estimate of drug-likeness (QED) is 0.0514. The molecule has 0 aliphatic rings. The summed E-state index contributed by atoms with van der Waals surface area (Å²) in [5.74, 6) is 1.98. The van der Waals surface area contributed by atoms with Crippen molar-refractivity contribution in [2.75, 3.05) is 13.2 Å². The standard InChI is InChI=1S/C52H50N2O7/c55-46(38-60-49-29-30-52(51(33-49)54(56)57)61-37-42-19-11-4-12-20-42)34-53-45(31-39-13-5-1-6-14-39)32-50(43-21-25-47(26-22-43)58-35-40-15-7-2-8-16-40)44-23-27-48(28-24-44)59-36-41-17-9-3-10-18-41/h1-30,33,45-46,50,53,55H,31-32,34-38H2/t45?,46-/m0/s1. The molecule has 9 heteroatoms. The average Bonchev–Trinajstić information content (AvgIpc) is 3.31. The summed E-state index contributed by atoms with van der Waals surface area (Å²) in [4.78, 5) is 11.4. The Balaban J connectivity index is 1.04. The van der Waals surface area contributed by atoms with E-state index in [-0.39, 0.29) is 48.9 Å². The molecule has 0 bridgehead atoms. The van der Waals surface area contributed by atoms with Crippen LogP contribution in [0.3, 0.4) is 0 Å². The Morgan fingerprint density at radius 2 is 0.967 bits per heavy atom. The largest absolute Gasteiger partial charge is 0.491 e. The molecule has 1 unspecified atom stereocenters. The van der Waals surface area contributed by atoms with Crippen molar-refractivity contribution in [1.82, 2.24) is 5.32 Å². The molecule has 61 heavy (non-hydrogen) atoms. The molecule has 0 heterocycles. The second-order valence-electron chi connectivity index (χ2n) is 14.9. The zero-order chi connectivity index (χ0) is 42.1. The van der Waals surface area contributed by atoms with Crippen molar-refractivity contribution in [3.63, 3.8) is 0 Å². The number of nitrogens with zero attached hydrogens (tertiary/aromatic N) is 1. The summed E-state index contributed by atoms with van der Waals surface area (Å²) >= 11 is 0. The van der Waals surface area contributed by atoms with E-state index in [1.807, 2.05) is 133 Å². The second kappa shape index (κ2) is 21.9. The van der Waals surface area contributed by atoms with Crippen LogP contribution in [0.15, 0.2) is 188 Å². The fourth-order valence-corrected chi connectivity index (χ4v) is 7.10. The van der Waals surface area contributed by atoms with E-state index >= 15 is 0 Å². The lowest BCUT2D eigenvalue weighted by molar-refractivity contribution is -0.386. The lowest BCUT2D eigenvalue weighted by atomic mass is 9.84. The zero-order valence-corrected chi connectivity index (χ0v) is 33.9. The lowest BCUT2D eigenvalue weighted by Gasteiger charge is -2.27. The van der Waals surface area contributed by atoms with Gasteiger partial charge in [0.15, 0.2) is 5.75 Å². The summed E-state index contributed by atoms with van der Waals surface area (Å²) in [5, 5.41) is 26.8. The molecule has 7 aromatic carbocycles. The number of nitro benzene ring substituents is 1. The van der Waals surface area contributed by atoms with Crippen molar-refractivity contribution < 1.29 is 29.0 Å². The molecule has 0 aromatic heterocycles. The number of nitrogens with one attached hydrogen (secondary N) is 1. The summed E-state index contributed by atoms with van der Waals surface area (Å²) in [6.45, 7) is 1.33. The number of hydrogen-bond acceptors (Lipinski definition) is 8. The summed E-state index contributed by atoms with van der Waals surface area (Å²) in [6.07, 6.45) is 0.540. The molecule has 0 fully saturated rings. The number of ether oxygens (including phenoxy) is 4. The molecule has 0 saturated heterocycles. The molecule has 7 aromatic rings. The van der Waals surface area contributed by atoms with Gasteiger partial charge in [0.2, 0.25) is 0 Å². The number of hydrogen-bond donors (Lipinski definition) is 2. The predicted octanol–water partition coefficient (Wildman–Crippen LogP) is 10.5. The summed E-state index contributed by atoms with van der Waals surface area (Å²) < 4.78 is 23.9. The molecule has 7 rings (SSSR count). The van der Waals surface area contributed by atoms with Gasteiger partial charge in [0.05, 0.1) is 11.0 Å². The minimum Gasteiger partial charge on any atom is -0.491 e. The molecule has 310 valence electrons. The first kappa shape index (κ1) is 42.2. The van der Waals surface area contributed by atoms with E-state index in [4.69, 9.17) is 18.9 Å². The normalized spacial score (nSPS) is 12.0. The fourth-order valence-electron chi connectivity index (χ4n) is 7.10. The Bertz CT molecular complexity index is 2280. The van der Waals surface area contributed by atoms with Gasteiger partial charge in [0.25, 0.3) is 0 Å². The molecule has 0 spiro atoms. The number of aliphatic hydroxyl groups excluding tert-OH is 1. The highest BCUT2D eigenvalue weighted by molar-refractivity contribution is 5.51. The van der Waals surface area contributed by atoms with Crippen LogP contribution in [0.4, 0.5) is 5.69 Å². The Kier molecular flexibility index (Phi) is 15.1. The van der Waals surface area contributed by atoms with Crippen LogP contribution in [0.1, 0.15) is 45.7 Å². The molecule has 2 N–H and O–H groups in total. The van der Waals surface area contributed by atoms with Gasteiger partial charge in [-0.3, -0.25) is 10.1 Å². The van der Waals surface area contributed by atoms with Crippen LogP contribution in [0.5, 0.6) is 23.0 Å². The molecule has 0 radical (unpaired) electrons. The first-order valence-electron chi connectivity index (χ1n) is 20.5. The van der Waals surface area contributed by atoms with Gasteiger partial charge in [-0.05, 0) is 82.6 Å². The molecular formula is C52H50N2O7. The number of aliphatic hydroxyl groups is 1. The lowest BCUT2D eigenvalue weighted by Crippen LogP contribution is -2.40. The molecule has 0 saturated carbocycles. The van der Waals surface area contributed by atoms with Crippen molar-refractivity contribution >= 4 is 5.69 Å². The van der Waals surface area contributed by atoms with Gasteiger partial charge in [-0.1, -0.05) is 146 Å². The topological polar surface area (TPSA) is 112 Å². The van der Waals surface area contributed by atoms with Crippen molar-refractivity contribution in [2.45, 2.75) is 50.7 Å². The number of nitro groups is 1. The minimum absolute atomic E-state index is 0.0101. The maximum atomic E-state index is 11.9. The third kappa shape index (κ3) is 13.0. The Morgan fingerprint density at radius 1 is 0.525 bits per heavy atom. The van der Waals surface area contributed by atoms with Gasteiger partial charge in [-0.25, -0.2) is 0 Å². The van der Waals surface area contributed by atoms with Gasteiger partial charge in [0.1, 0.15) is 49.8 Å². The third-order valence-electron chi connectivity index (χ3n) is 10.4. The van der Waals surface area contributed by atoms with Crippen LogP contribution in [0.2, 0.25) is 0 Å². The first-order valence-corrected chi connectivity index (χ1v) is 20.5. The van der Waals surface area contributed by atoms with Crippen LogP contribution in [-0.4, -0.2) is 35.3 Å². The van der Waals surface area contributed by atoms with Crippen LogP contribution in [-0.2, 0) is 26.2 Å². The number of rotatable bonds is 22. The maximum Gasteiger partial charge on any atom is 0.314 e. The monoisotopic (exact) mass is 814 g/mol. The van der Waals surface area contributed by atoms with E-state index in [1.54, 1.807) is 6.07 Å². The molecule has 2 atom stereocenters. The van der Waals surface area contributed by atoms with E-state index < -0.39 is 11.0 Å². The van der Waals surface area contributed by atoms with Gasteiger partial charge in [-0.15, -0.1) is 0 Å². The van der Waals surface area contributed by atoms with Crippen molar-refractivity contribution in [3.05, 3.63) is 232 Å². The van der Waals surface area contributed by atoms with Gasteiger partial charge >= 0.3 is 5.69 Å². The number of benzene rings is 7. The van der Waals surface area contributed by atoms with Gasteiger partial charge < -0.3 is 29.4 Å². The molecule has 0 amide bonds. The molecule has 0 aliphatic carbocycles. The highest BCUT2D eigenvalue weighted by Gasteiger charge is 2.23. The van der Waals surface area contributed by atoms with Crippen molar-refractivity contribution in [1.29, 1.82) is 0 Å². The third-order valence-corrected chi connectivity index (χ3v) is 10.4. The highest BCUT2D eigenvalue weighted by Crippen LogP contribution is 2.34. The second-order valence-corrected chi connectivity index (χ2v) is 14.9. The maximum absolute atomic E-state index is 11.9. The van der Waals surface area contributed by atoms with E-state index in [9.17, 15) is 15.2 Å². The van der Waals surface area contributed by atoms with E-state index in [0.29, 0.717) is 19.6 Å². The first-order chi connectivity index (χ1) is 29.9. The zero-order valence-electron chi connectivity index (χ0n) is 33.9. The van der Waals surface area contributed by atoms with E-state index in [0.717, 1.165) is 45.7 Å². The summed E-state index contributed by atoms with van der Waals surface area (Å²) in [5.41, 5.74) is 6.32. The van der Waals surface area contributed by atoms with Crippen molar-refractivity contribution in [2.24, 2.45) is 0 Å². The van der Waals surface area contributed by atoms with Crippen LogP contribution < -0.4 is 24.3 Å². The molecule has 0 aliphatic heterocycles. The smallest absolute Gasteiger partial charge is 0.314 e. The Hall–Kier alpha value is -6.94. The minimum atomic E-state index is -0.896. The van der Waals surface area contributed by atoms with Crippen LogP contribution >= 0.6 is 0 Å². The van der Waals surface area contributed by atoms with Gasteiger partial charge in [0, 0.05) is 18.5 Å². The highest BCUT2D eigenvalue weighted by atomic mass is 16.6. The van der Waals surface area contributed by atoms with Crippen LogP contribution in [0.25, 0.3) is 0 Å². The summed E-state index contributed by atoms with van der Waals surface area (Å²) in [6, 6.07) is 61.0.